The van der Waals surface area contributed by atoms with E-state index in [4.69, 9.17) is 77.2 Å². The molecule has 3 aromatic carbocycles. The number of hydrogen-bond acceptors (Lipinski definition) is 15. The Morgan fingerprint density at radius 1 is 0.500 bits per heavy atom. The molecule has 0 fully saturated rings. The fourth-order valence-corrected chi connectivity index (χ4v) is 8.01. The first-order chi connectivity index (χ1) is 32.2. The summed E-state index contributed by atoms with van der Waals surface area (Å²) in [5.74, 6) is 1.58. The maximum Gasteiger partial charge on any atom is 0.495 e. The summed E-state index contributed by atoms with van der Waals surface area (Å²) >= 11 is 18.7. The van der Waals surface area contributed by atoms with Gasteiger partial charge in [0.2, 0.25) is 0 Å². The second kappa shape index (κ2) is 25.9. The molecule has 18 nitrogen and oxygen atoms in total. The van der Waals surface area contributed by atoms with Gasteiger partial charge in [-0.25, -0.2) is 14.4 Å². The lowest BCUT2D eigenvalue weighted by molar-refractivity contribution is 0.0489. The van der Waals surface area contributed by atoms with Crippen molar-refractivity contribution in [3.05, 3.63) is 68.2 Å². The highest BCUT2D eigenvalue weighted by molar-refractivity contribution is 6.64. The first kappa shape index (κ1) is 60.0. The predicted molar refractivity (Wildman–Crippen MR) is 272 cm³/mol. The highest BCUT2D eigenvalue weighted by atomic mass is 35.5. The van der Waals surface area contributed by atoms with Crippen LogP contribution >= 0.6 is 34.8 Å². The molecule has 3 aliphatic rings. The Labute approximate surface area is 427 Å². The Balaban J connectivity index is 0.000000276. The second-order valence-corrected chi connectivity index (χ2v) is 19.7. The zero-order valence-electron chi connectivity index (χ0n) is 41.0. The van der Waals surface area contributed by atoms with E-state index in [0.717, 1.165) is 0 Å². The van der Waals surface area contributed by atoms with Gasteiger partial charge in [0.1, 0.15) is 34.1 Å². The summed E-state index contributed by atoms with van der Waals surface area (Å²) in [5, 5.41) is 39.6. The monoisotopic (exact) mass is 1040 g/mol. The minimum atomic E-state index is -1.14. The summed E-state index contributed by atoms with van der Waals surface area (Å²) in [5.41, 5.74) is 1.65. The van der Waals surface area contributed by atoms with E-state index in [-0.39, 0.29) is 27.1 Å². The van der Waals surface area contributed by atoms with E-state index in [1.165, 1.54) is 0 Å². The summed E-state index contributed by atoms with van der Waals surface area (Å²) < 4.78 is 48.5. The van der Waals surface area contributed by atoms with Crippen molar-refractivity contribution < 1.29 is 71.8 Å². The van der Waals surface area contributed by atoms with Crippen molar-refractivity contribution in [2.24, 2.45) is 0 Å². The molecule has 3 heterocycles. The Kier molecular flexibility index (Phi) is 22.2. The van der Waals surface area contributed by atoms with Crippen LogP contribution in [0.25, 0.3) is 0 Å². The highest BCUT2D eigenvalue weighted by Crippen LogP contribution is 2.36. The van der Waals surface area contributed by atoms with Crippen LogP contribution in [-0.2, 0) is 28.2 Å². The summed E-state index contributed by atoms with van der Waals surface area (Å²) in [7, 11) is -3.43. The summed E-state index contributed by atoms with van der Waals surface area (Å²) in [6, 6.07) is 10.1. The third-order valence-electron chi connectivity index (χ3n) is 9.56. The van der Waals surface area contributed by atoms with Crippen molar-refractivity contribution in [1.29, 1.82) is 0 Å². The van der Waals surface area contributed by atoms with Crippen molar-refractivity contribution in [3.8, 4) is 17.2 Å². The van der Waals surface area contributed by atoms with E-state index in [1.54, 1.807) is 98.7 Å². The van der Waals surface area contributed by atoms with Crippen LogP contribution in [0.5, 0.6) is 17.2 Å². The fourth-order valence-electron chi connectivity index (χ4n) is 7.16. The van der Waals surface area contributed by atoms with Gasteiger partial charge in [-0.2, -0.15) is 0 Å². The summed E-state index contributed by atoms with van der Waals surface area (Å²) in [6.07, 6.45) is -3.37. The zero-order chi connectivity index (χ0) is 51.6. The van der Waals surface area contributed by atoms with Gasteiger partial charge >= 0.3 is 39.6 Å². The molecule has 386 valence electrons. The summed E-state index contributed by atoms with van der Waals surface area (Å²) in [4.78, 5) is 35.3. The minimum Gasteiger partial charge on any atom is -0.494 e. The van der Waals surface area contributed by atoms with E-state index in [2.05, 4.69) is 16.0 Å². The molecule has 0 aliphatic carbocycles. The molecule has 1 unspecified atom stereocenters. The van der Waals surface area contributed by atoms with Crippen LogP contribution in [0, 0.1) is 0 Å². The van der Waals surface area contributed by atoms with Crippen LogP contribution in [0.15, 0.2) is 36.4 Å². The lowest BCUT2D eigenvalue weighted by Gasteiger charge is -2.21. The van der Waals surface area contributed by atoms with Crippen LogP contribution in [0.1, 0.15) is 126 Å². The Bertz CT molecular complexity index is 2020. The molecular formula is C46H67B3Cl3N3O15. The second-order valence-electron chi connectivity index (χ2n) is 18.5. The van der Waals surface area contributed by atoms with Crippen molar-refractivity contribution >= 4 is 90.8 Å². The van der Waals surface area contributed by atoms with Crippen molar-refractivity contribution in [3.63, 3.8) is 0 Å². The molecule has 3 amide bonds. The van der Waals surface area contributed by atoms with Crippen LogP contribution in [0.4, 0.5) is 14.4 Å². The van der Waals surface area contributed by atoms with Crippen LogP contribution in [-0.4, -0.2) is 111 Å². The number of benzene rings is 3. The lowest BCUT2D eigenvalue weighted by Crippen LogP contribution is -2.35. The van der Waals surface area contributed by atoms with E-state index < -0.39 is 74.7 Å². The smallest absolute Gasteiger partial charge is 0.494 e. The molecule has 6 rings (SSSR count). The van der Waals surface area contributed by atoms with E-state index in [9.17, 15) is 29.5 Å². The van der Waals surface area contributed by atoms with Gasteiger partial charge in [-0.3, -0.25) is 0 Å². The number of carbonyl (C=O) groups is 3. The maximum absolute atomic E-state index is 11.8. The molecular weight excluding hydrogens is 973 g/mol. The molecule has 0 saturated carbocycles. The standard InChI is InChI=1S/3C15H21BClNO5.CH4/c3*1-5-21-10-7-6-9(17)12-11(23-16(20)13(10)12)8-18-14(19)22-15(2,3)4;/h3*6-7,11,20H,5,8H2,1-4H3,(H,18,19);1H4/t2*11-;;/m10../s1. The number of ether oxygens (including phenoxy) is 6. The first-order valence-corrected chi connectivity index (χ1v) is 23.6. The predicted octanol–water partition coefficient (Wildman–Crippen LogP) is 6.70. The fraction of sp³-hybridized carbons (Fsp3) is 0.543. The van der Waals surface area contributed by atoms with Gasteiger partial charge in [-0.05, 0) is 119 Å². The first-order valence-electron chi connectivity index (χ1n) is 22.4. The topological polar surface area (TPSA) is 231 Å². The van der Waals surface area contributed by atoms with Gasteiger partial charge in [0.25, 0.3) is 0 Å². The molecule has 3 aliphatic heterocycles. The van der Waals surface area contributed by atoms with Gasteiger partial charge in [-0.1, -0.05) is 42.2 Å². The SMILES string of the molecule is C.CCOc1ccc(Cl)c2c1B(O)OC2CNC(=O)OC(C)(C)C.CCOc1ccc(Cl)c2c1B(O)O[C@@H]2CNC(=O)OC(C)(C)C.CCOc1ccc(Cl)c2c1B(O)O[C@H]2CNC(=O)OC(C)(C)C. The normalized spacial score (nSPS) is 16.7. The Morgan fingerprint density at radius 3 is 0.929 bits per heavy atom. The quantitative estimate of drug-likeness (QED) is 0.0819. The van der Waals surface area contributed by atoms with E-state index in [1.807, 2.05) is 20.8 Å². The van der Waals surface area contributed by atoms with Crippen LogP contribution < -0.4 is 46.5 Å². The van der Waals surface area contributed by atoms with Crippen LogP contribution in [0.3, 0.4) is 0 Å². The van der Waals surface area contributed by atoms with Gasteiger partial charge in [0.15, 0.2) is 0 Å². The number of fused-ring (bicyclic) bond motifs is 3. The number of rotatable bonds is 12. The summed E-state index contributed by atoms with van der Waals surface area (Å²) in [6.45, 7) is 23.4. The van der Waals surface area contributed by atoms with Gasteiger partial charge in [-0.15, -0.1) is 0 Å². The number of alkyl carbamates (subject to hydrolysis) is 3. The van der Waals surface area contributed by atoms with E-state index >= 15 is 0 Å². The zero-order valence-corrected chi connectivity index (χ0v) is 43.3. The molecule has 3 atom stereocenters. The Morgan fingerprint density at radius 2 is 0.729 bits per heavy atom. The number of amides is 3. The number of nitrogens with one attached hydrogen (secondary N) is 3. The third-order valence-corrected chi connectivity index (χ3v) is 10.5. The average Bonchev–Trinajstić information content (AvgIpc) is 3.88. The molecule has 3 aromatic rings. The highest BCUT2D eigenvalue weighted by Gasteiger charge is 2.42. The molecule has 0 aromatic heterocycles. The van der Waals surface area contributed by atoms with Crippen LogP contribution in [0.2, 0.25) is 15.1 Å². The molecule has 0 spiro atoms. The lowest BCUT2D eigenvalue weighted by atomic mass is 9.78. The molecule has 0 bridgehead atoms. The number of hydrogen-bond donors (Lipinski definition) is 6. The van der Waals surface area contributed by atoms with Crippen molar-refractivity contribution in [2.75, 3.05) is 39.5 Å². The van der Waals surface area contributed by atoms with Gasteiger partial charge in [0, 0.05) is 67.8 Å². The largest absolute Gasteiger partial charge is 0.495 e. The molecule has 0 radical (unpaired) electrons. The van der Waals surface area contributed by atoms with E-state index in [0.29, 0.717) is 85.2 Å². The molecule has 0 saturated heterocycles. The number of carbonyl (C=O) groups excluding carboxylic acids is 3. The minimum absolute atomic E-state index is 0. The van der Waals surface area contributed by atoms with Crippen molar-refractivity contribution in [1.82, 2.24) is 16.0 Å². The van der Waals surface area contributed by atoms with Gasteiger partial charge in [0.05, 0.1) is 38.1 Å². The molecule has 24 heteroatoms. The molecule has 70 heavy (non-hydrogen) atoms. The molecule has 6 N–H and O–H groups in total. The third kappa shape index (κ3) is 16.9. The van der Waals surface area contributed by atoms with Crippen molar-refractivity contribution in [2.45, 2.75) is 126 Å². The number of halogens is 3. The van der Waals surface area contributed by atoms with Gasteiger partial charge < -0.3 is 73.4 Å². The Hall–Kier alpha value is -4.31. The average molecular weight is 1040 g/mol. The maximum atomic E-state index is 11.8.